The summed E-state index contributed by atoms with van der Waals surface area (Å²) >= 11 is 0. The largest absolute Gasteiger partial charge is 0.484 e. The van der Waals surface area contributed by atoms with E-state index >= 15 is 0 Å². The fourth-order valence-corrected chi connectivity index (χ4v) is 3.33. The van der Waals surface area contributed by atoms with E-state index in [0.717, 1.165) is 37.8 Å². The third-order valence-electron chi connectivity index (χ3n) is 4.39. The summed E-state index contributed by atoms with van der Waals surface area (Å²) in [4.78, 5) is 11.9. The van der Waals surface area contributed by atoms with E-state index in [1.807, 2.05) is 0 Å². The van der Waals surface area contributed by atoms with Gasteiger partial charge >= 0.3 is 6.18 Å². The van der Waals surface area contributed by atoms with E-state index in [1.54, 1.807) is 0 Å². The highest BCUT2D eigenvalue weighted by Crippen LogP contribution is 2.30. The monoisotopic (exact) mass is 364 g/mol. The van der Waals surface area contributed by atoms with Crippen molar-refractivity contribution in [3.05, 3.63) is 29.8 Å². The SMILES string of the molecule is Cl.O=C(COc1ccc(C(F)(F)F)cc1)NC1CC2CCC(C1)N2. The first-order chi connectivity index (χ1) is 10.9. The van der Waals surface area contributed by atoms with Crippen LogP contribution in [0.5, 0.6) is 5.75 Å². The standard InChI is InChI=1S/C16H19F3N2O2.ClH/c17-16(18,19)10-1-5-14(6-2-10)23-9-15(22)21-13-7-11-3-4-12(8-13)20-11;/h1-2,5-6,11-13,20H,3-4,7-9H2,(H,21,22);1H. The molecule has 8 heteroatoms. The highest BCUT2D eigenvalue weighted by Gasteiger charge is 2.34. The molecule has 2 bridgehead atoms. The zero-order valence-corrected chi connectivity index (χ0v) is 13.8. The molecule has 2 fully saturated rings. The van der Waals surface area contributed by atoms with Crippen LogP contribution in [0.3, 0.4) is 0 Å². The van der Waals surface area contributed by atoms with Crippen LogP contribution in [-0.4, -0.2) is 30.6 Å². The van der Waals surface area contributed by atoms with Gasteiger partial charge in [0, 0.05) is 18.1 Å². The van der Waals surface area contributed by atoms with Gasteiger partial charge in [-0.3, -0.25) is 4.79 Å². The number of carbonyl (C=O) groups is 1. The molecule has 2 saturated heterocycles. The highest BCUT2D eigenvalue weighted by molar-refractivity contribution is 5.85. The van der Waals surface area contributed by atoms with E-state index in [2.05, 4.69) is 10.6 Å². The molecule has 134 valence electrons. The Bertz CT molecular complexity index is 553. The third kappa shape index (κ3) is 4.77. The molecule has 2 heterocycles. The summed E-state index contributed by atoms with van der Waals surface area (Å²) in [5.41, 5.74) is -0.737. The smallest absolute Gasteiger partial charge is 0.416 e. The first kappa shape index (κ1) is 18.9. The van der Waals surface area contributed by atoms with Crippen LogP contribution in [0, 0.1) is 0 Å². The summed E-state index contributed by atoms with van der Waals surface area (Å²) in [5, 5.41) is 6.44. The van der Waals surface area contributed by atoms with Gasteiger partial charge in [0.05, 0.1) is 5.56 Å². The Labute approximate surface area is 144 Å². The molecule has 2 unspecified atom stereocenters. The van der Waals surface area contributed by atoms with E-state index in [0.29, 0.717) is 12.1 Å². The van der Waals surface area contributed by atoms with Crippen molar-refractivity contribution in [1.29, 1.82) is 0 Å². The molecule has 1 aromatic carbocycles. The summed E-state index contributed by atoms with van der Waals surface area (Å²) in [7, 11) is 0. The maximum absolute atomic E-state index is 12.5. The molecule has 0 aliphatic carbocycles. The van der Waals surface area contributed by atoms with Gasteiger partial charge in [-0.15, -0.1) is 12.4 Å². The minimum absolute atomic E-state index is 0. The Morgan fingerprint density at radius 3 is 2.29 bits per heavy atom. The molecule has 0 spiro atoms. The molecular formula is C16H20ClF3N2O2. The van der Waals surface area contributed by atoms with Crippen LogP contribution in [0.1, 0.15) is 31.2 Å². The summed E-state index contributed by atoms with van der Waals surface area (Å²) in [6.07, 6.45) is -0.229. The number of halogens is 4. The number of ether oxygens (including phenoxy) is 1. The zero-order chi connectivity index (χ0) is 16.4. The Morgan fingerprint density at radius 1 is 1.17 bits per heavy atom. The molecule has 0 aromatic heterocycles. The summed E-state index contributed by atoms with van der Waals surface area (Å²) in [5.74, 6) is 0.00901. The number of nitrogens with one attached hydrogen (secondary N) is 2. The lowest BCUT2D eigenvalue weighted by atomic mass is 10.00. The number of piperidine rings is 1. The molecule has 2 aliphatic heterocycles. The Morgan fingerprint density at radius 2 is 1.75 bits per heavy atom. The van der Waals surface area contributed by atoms with Crippen molar-refractivity contribution in [3.8, 4) is 5.75 Å². The predicted molar refractivity (Wildman–Crippen MR) is 85.3 cm³/mol. The van der Waals surface area contributed by atoms with Crippen LogP contribution in [0.15, 0.2) is 24.3 Å². The molecule has 1 amide bonds. The fourth-order valence-electron chi connectivity index (χ4n) is 3.33. The quantitative estimate of drug-likeness (QED) is 0.863. The van der Waals surface area contributed by atoms with Crippen molar-refractivity contribution in [2.75, 3.05) is 6.61 Å². The number of benzene rings is 1. The minimum atomic E-state index is -4.37. The van der Waals surface area contributed by atoms with Crippen LogP contribution in [0.25, 0.3) is 0 Å². The van der Waals surface area contributed by atoms with E-state index in [-0.39, 0.29) is 36.7 Å². The molecule has 0 saturated carbocycles. The van der Waals surface area contributed by atoms with Crippen LogP contribution in [0.4, 0.5) is 13.2 Å². The number of fused-ring (bicyclic) bond motifs is 2. The summed E-state index contributed by atoms with van der Waals surface area (Å²) in [6, 6.07) is 5.44. The van der Waals surface area contributed by atoms with Gasteiger partial charge < -0.3 is 15.4 Å². The topological polar surface area (TPSA) is 50.4 Å². The maximum Gasteiger partial charge on any atom is 0.416 e. The Balaban J connectivity index is 0.00000208. The van der Waals surface area contributed by atoms with Gasteiger partial charge in [0.25, 0.3) is 5.91 Å². The summed E-state index contributed by atoms with van der Waals surface area (Å²) < 4.78 is 42.6. The van der Waals surface area contributed by atoms with Crippen molar-refractivity contribution in [3.63, 3.8) is 0 Å². The number of hydrogen-bond donors (Lipinski definition) is 2. The number of alkyl halides is 3. The van der Waals surface area contributed by atoms with Gasteiger partial charge in [-0.25, -0.2) is 0 Å². The van der Waals surface area contributed by atoms with E-state index in [1.165, 1.54) is 12.1 Å². The molecule has 0 radical (unpaired) electrons. The molecule has 1 aromatic rings. The Hall–Kier alpha value is -1.47. The molecule has 4 nitrogen and oxygen atoms in total. The van der Waals surface area contributed by atoms with Crippen molar-refractivity contribution in [2.24, 2.45) is 0 Å². The van der Waals surface area contributed by atoms with Crippen molar-refractivity contribution >= 4 is 18.3 Å². The van der Waals surface area contributed by atoms with Crippen LogP contribution in [0.2, 0.25) is 0 Å². The lowest BCUT2D eigenvalue weighted by Crippen LogP contribution is -2.48. The first-order valence-electron chi connectivity index (χ1n) is 7.75. The predicted octanol–water partition coefficient (Wildman–Crippen LogP) is 2.91. The van der Waals surface area contributed by atoms with Crippen LogP contribution in [-0.2, 0) is 11.0 Å². The second kappa shape index (κ2) is 7.61. The molecule has 2 aliphatic rings. The number of rotatable bonds is 4. The fraction of sp³-hybridized carbons (Fsp3) is 0.562. The maximum atomic E-state index is 12.5. The van der Waals surface area contributed by atoms with Crippen molar-refractivity contribution in [1.82, 2.24) is 10.6 Å². The second-order valence-electron chi connectivity index (χ2n) is 6.18. The van der Waals surface area contributed by atoms with Gasteiger partial charge in [-0.2, -0.15) is 13.2 Å². The van der Waals surface area contributed by atoms with Crippen LogP contribution < -0.4 is 15.4 Å². The van der Waals surface area contributed by atoms with Gasteiger partial charge in [-0.1, -0.05) is 0 Å². The van der Waals surface area contributed by atoms with Crippen LogP contribution >= 0.6 is 12.4 Å². The summed E-state index contributed by atoms with van der Waals surface area (Å²) in [6.45, 7) is -0.190. The molecule has 2 atom stereocenters. The number of hydrogen-bond acceptors (Lipinski definition) is 3. The third-order valence-corrected chi connectivity index (χ3v) is 4.39. The minimum Gasteiger partial charge on any atom is -0.484 e. The molecule has 24 heavy (non-hydrogen) atoms. The molecular weight excluding hydrogens is 345 g/mol. The van der Waals surface area contributed by atoms with Gasteiger partial charge in [0.2, 0.25) is 0 Å². The van der Waals surface area contributed by atoms with E-state index in [4.69, 9.17) is 4.74 Å². The molecule has 3 rings (SSSR count). The lowest BCUT2D eigenvalue weighted by Gasteiger charge is -2.29. The normalized spacial score (nSPS) is 25.7. The van der Waals surface area contributed by atoms with Crippen molar-refractivity contribution < 1.29 is 22.7 Å². The van der Waals surface area contributed by atoms with Gasteiger partial charge in [0.15, 0.2) is 6.61 Å². The van der Waals surface area contributed by atoms with Crippen molar-refractivity contribution in [2.45, 2.75) is 50.0 Å². The van der Waals surface area contributed by atoms with E-state index < -0.39 is 11.7 Å². The average Bonchev–Trinajstić information content (AvgIpc) is 2.83. The number of amides is 1. The van der Waals surface area contributed by atoms with E-state index in [9.17, 15) is 18.0 Å². The zero-order valence-electron chi connectivity index (χ0n) is 12.9. The number of carbonyl (C=O) groups excluding carboxylic acids is 1. The Kier molecular flexibility index (Phi) is 5.98. The highest BCUT2D eigenvalue weighted by atomic mass is 35.5. The first-order valence-corrected chi connectivity index (χ1v) is 7.75. The van der Waals surface area contributed by atoms with Gasteiger partial charge in [0.1, 0.15) is 5.75 Å². The second-order valence-corrected chi connectivity index (χ2v) is 6.18. The molecule has 2 N–H and O–H groups in total. The lowest BCUT2D eigenvalue weighted by molar-refractivity contribution is -0.137. The average molecular weight is 365 g/mol. The van der Waals surface area contributed by atoms with Gasteiger partial charge in [-0.05, 0) is 49.9 Å².